The molecule has 0 aromatic heterocycles. The zero-order valence-corrected chi connectivity index (χ0v) is 9.35. The molecule has 0 unspecified atom stereocenters. The number of aryl methyl sites for hydroxylation is 1. The summed E-state index contributed by atoms with van der Waals surface area (Å²) in [7, 11) is 1.71. The second-order valence-electron chi connectivity index (χ2n) is 3.59. The van der Waals surface area contributed by atoms with Gasteiger partial charge in [-0.3, -0.25) is 0 Å². The molecule has 1 rings (SSSR count). The van der Waals surface area contributed by atoms with Crippen molar-refractivity contribution in [3.8, 4) is 0 Å². The predicted octanol–water partition coefficient (Wildman–Crippen LogP) is 2.97. The molecule has 0 saturated heterocycles. The number of unbranched alkanes of at least 4 members (excludes halogenated alkanes) is 1. The summed E-state index contributed by atoms with van der Waals surface area (Å²) >= 11 is 0. The van der Waals surface area contributed by atoms with Gasteiger partial charge in [0.05, 0.1) is 0 Å². The first-order chi connectivity index (χ1) is 7.24. The molecule has 2 nitrogen and oxygen atoms in total. The van der Waals surface area contributed by atoms with Crippen LogP contribution in [0.3, 0.4) is 0 Å². The smallest absolute Gasteiger partial charge is 0.126 e. The maximum Gasteiger partial charge on any atom is 0.126 e. The highest BCUT2D eigenvalue weighted by atomic mass is 19.1. The van der Waals surface area contributed by atoms with E-state index in [0.717, 1.165) is 31.7 Å². The van der Waals surface area contributed by atoms with Crippen LogP contribution in [0.25, 0.3) is 0 Å². The summed E-state index contributed by atoms with van der Waals surface area (Å²) in [4.78, 5) is 0. The molecule has 0 aliphatic heterocycles. The van der Waals surface area contributed by atoms with Gasteiger partial charge in [-0.15, -0.1) is 0 Å². The quantitative estimate of drug-likeness (QED) is 0.730. The van der Waals surface area contributed by atoms with E-state index in [1.165, 1.54) is 6.07 Å². The summed E-state index contributed by atoms with van der Waals surface area (Å²) in [6, 6.07) is 5.08. The Balaban J connectivity index is 2.28. The number of methoxy groups -OCH3 is 1. The Bertz CT molecular complexity index is 302. The first kappa shape index (κ1) is 12.0. The van der Waals surface area contributed by atoms with Gasteiger partial charge >= 0.3 is 0 Å². The number of benzene rings is 1. The third-order valence-corrected chi connectivity index (χ3v) is 2.26. The zero-order chi connectivity index (χ0) is 11.1. The lowest BCUT2D eigenvalue weighted by molar-refractivity contribution is 0.194. The number of ether oxygens (including phenoxy) is 1. The van der Waals surface area contributed by atoms with Gasteiger partial charge in [-0.2, -0.15) is 0 Å². The fourth-order valence-corrected chi connectivity index (χ4v) is 1.36. The van der Waals surface area contributed by atoms with E-state index in [1.54, 1.807) is 20.1 Å². The van der Waals surface area contributed by atoms with Gasteiger partial charge in [-0.25, -0.2) is 4.39 Å². The van der Waals surface area contributed by atoms with Crippen LogP contribution >= 0.6 is 0 Å². The molecule has 0 bridgehead atoms. The molecule has 1 N–H and O–H groups in total. The monoisotopic (exact) mass is 211 g/mol. The van der Waals surface area contributed by atoms with E-state index >= 15 is 0 Å². The molecular weight excluding hydrogens is 193 g/mol. The van der Waals surface area contributed by atoms with E-state index in [4.69, 9.17) is 4.74 Å². The number of anilines is 1. The van der Waals surface area contributed by atoms with Gasteiger partial charge < -0.3 is 10.1 Å². The van der Waals surface area contributed by atoms with Crippen LogP contribution in [-0.2, 0) is 4.74 Å². The Morgan fingerprint density at radius 1 is 1.33 bits per heavy atom. The minimum Gasteiger partial charge on any atom is -0.385 e. The number of nitrogens with one attached hydrogen (secondary N) is 1. The highest BCUT2D eigenvalue weighted by molar-refractivity contribution is 5.45. The molecule has 1 aromatic rings. The molecule has 3 heteroatoms. The van der Waals surface area contributed by atoms with Crippen LogP contribution in [0, 0.1) is 12.7 Å². The fraction of sp³-hybridized carbons (Fsp3) is 0.500. The Morgan fingerprint density at radius 3 is 2.80 bits per heavy atom. The topological polar surface area (TPSA) is 21.3 Å². The minimum atomic E-state index is -0.153. The average molecular weight is 211 g/mol. The van der Waals surface area contributed by atoms with Gasteiger partial charge in [0.2, 0.25) is 0 Å². The lowest BCUT2D eigenvalue weighted by Crippen LogP contribution is -2.03. The zero-order valence-electron chi connectivity index (χ0n) is 9.35. The maximum absolute atomic E-state index is 12.9. The highest BCUT2D eigenvalue weighted by Gasteiger charge is 1.97. The van der Waals surface area contributed by atoms with E-state index in [-0.39, 0.29) is 5.82 Å². The highest BCUT2D eigenvalue weighted by Crippen LogP contribution is 2.13. The standard InChI is InChI=1S/C12H18FNO/c1-10-9-11(5-6-12(10)13)14-7-3-4-8-15-2/h5-6,9,14H,3-4,7-8H2,1-2H3. The van der Waals surface area contributed by atoms with Crippen molar-refractivity contribution < 1.29 is 9.13 Å². The number of hydrogen-bond acceptors (Lipinski definition) is 2. The van der Waals surface area contributed by atoms with Crippen LogP contribution in [-0.4, -0.2) is 20.3 Å². The van der Waals surface area contributed by atoms with Gasteiger partial charge in [-0.1, -0.05) is 0 Å². The molecule has 0 spiro atoms. The molecule has 0 fully saturated rings. The van der Waals surface area contributed by atoms with Crippen LogP contribution in [0.15, 0.2) is 18.2 Å². The molecule has 1 aromatic carbocycles. The summed E-state index contributed by atoms with van der Waals surface area (Å²) in [5.74, 6) is -0.153. The van der Waals surface area contributed by atoms with Gasteiger partial charge in [0.15, 0.2) is 0 Å². The SMILES string of the molecule is COCCCCNc1ccc(F)c(C)c1. The van der Waals surface area contributed by atoms with E-state index < -0.39 is 0 Å². The van der Waals surface area contributed by atoms with Crippen molar-refractivity contribution in [2.24, 2.45) is 0 Å². The fourth-order valence-electron chi connectivity index (χ4n) is 1.36. The van der Waals surface area contributed by atoms with Crippen LogP contribution in [0.1, 0.15) is 18.4 Å². The molecule has 0 amide bonds. The van der Waals surface area contributed by atoms with Crippen molar-refractivity contribution >= 4 is 5.69 Å². The van der Waals surface area contributed by atoms with Gasteiger partial charge in [0.25, 0.3) is 0 Å². The molecule has 0 saturated carbocycles. The first-order valence-corrected chi connectivity index (χ1v) is 5.23. The van der Waals surface area contributed by atoms with E-state index in [0.29, 0.717) is 5.56 Å². The second kappa shape index (κ2) is 6.40. The summed E-state index contributed by atoms with van der Waals surface area (Å²) in [6.07, 6.45) is 2.11. The van der Waals surface area contributed by atoms with E-state index in [1.807, 2.05) is 6.07 Å². The van der Waals surface area contributed by atoms with Crippen molar-refractivity contribution in [1.82, 2.24) is 0 Å². The normalized spacial score (nSPS) is 10.3. The molecule has 0 radical (unpaired) electrons. The van der Waals surface area contributed by atoms with Gasteiger partial charge in [-0.05, 0) is 43.5 Å². The number of hydrogen-bond donors (Lipinski definition) is 1. The first-order valence-electron chi connectivity index (χ1n) is 5.23. The molecule has 0 aliphatic rings. The van der Waals surface area contributed by atoms with E-state index in [9.17, 15) is 4.39 Å². The third-order valence-electron chi connectivity index (χ3n) is 2.26. The van der Waals surface area contributed by atoms with E-state index in [2.05, 4.69) is 5.32 Å². The van der Waals surface area contributed by atoms with Crippen LogP contribution in [0.2, 0.25) is 0 Å². The lowest BCUT2D eigenvalue weighted by atomic mass is 10.2. The van der Waals surface area contributed by atoms with Crippen LogP contribution in [0.5, 0.6) is 0 Å². The summed E-state index contributed by atoms with van der Waals surface area (Å²) in [5.41, 5.74) is 1.66. The third kappa shape index (κ3) is 4.30. The van der Waals surface area contributed by atoms with Crippen molar-refractivity contribution in [1.29, 1.82) is 0 Å². The lowest BCUT2D eigenvalue weighted by Gasteiger charge is -2.07. The van der Waals surface area contributed by atoms with Crippen molar-refractivity contribution in [2.75, 3.05) is 25.6 Å². The summed E-state index contributed by atoms with van der Waals surface area (Å²) in [6.45, 7) is 3.46. The number of halogens is 1. The van der Waals surface area contributed by atoms with Crippen molar-refractivity contribution in [3.63, 3.8) is 0 Å². The van der Waals surface area contributed by atoms with Gasteiger partial charge in [0.1, 0.15) is 5.82 Å². The molecule has 0 heterocycles. The number of rotatable bonds is 6. The Morgan fingerprint density at radius 2 is 2.13 bits per heavy atom. The Hall–Kier alpha value is -1.09. The Labute approximate surface area is 90.4 Å². The van der Waals surface area contributed by atoms with Gasteiger partial charge in [0, 0.05) is 25.9 Å². The summed E-state index contributed by atoms with van der Waals surface area (Å²) < 4.78 is 17.9. The van der Waals surface area contributed by atoms with Crippen LogP contribution < -0.4 is 5.32 Å². The average Bonchev–Trinajstić information content (AvgIpc) is 2.23. The second-order valence-corrected chi connectivity index (χ2v) is 3.59. The van der Waals surface area contributed by atoms with Crippen LogP contribution in [0.4, 0.5) is 10.1 Å². The molecule has 15 heavy (non-hydrogen) atoms. The maximum atomic E-state index is 12.9. The molecule has 0 aliphatic carbocycles. The van der Waals surface area contributed by atoms with Crippen molar-refractivity contribution in [2.45, 2.75) is 19.8 Å². The largest absolute Gasteiger partial charge is 0.385 e. The molecule has 0 atom stereocenters. The minimum absolute atomic E-state index is 0.153. The summed E-state index contributed by atoms with van der Waals surface area (Å²) in [5, 5.41) is 3.25. The molecule has 84 valence electrons. The molecular formula is C12H18FNO. The Kier molecular flexibility index (Phi) is 5.12. The predicted molar refractivity (Wildman–Crippen MR) is 60.7 cm³/mol. The van der Waals surface area contributed by atoms with Crippen molar-refractivity contribution in [3.05, 3.63) is 29.6 Å².